The van der Waals surface area contributed by atoms with Crippen molar-refractivity contribution in [1.29, 1.82) is 0 Å². The Morgan fingerprint density at radius 3 is 2.86 bits per heavy atom. The lowest BCUT2D eigenvalue weighted by molar-refractivity contribution is 0.309. The van der Waals surface area contributed by atoms with Gasteiger partial charge in [0.25, 0.3) is 0 Å². The molecule has 0 N–H and O–H groups in total. The molecule has 2 nitrogen and oxygen atoms in total. The maximum Gasteiger partial charge on any atom is 0.0300 e. The minimum absolute atomic E-state index is 0.921. The molecule has 0 fully saturated rings. The molecule has 1 aliphatic heterocycles. The number of thiophene rings is 1. The molecule has 2 aromatic rings. The van der Waals surface area contributed by atoms with Crippen molar-refractivity contribution in [2.75, 3.05) is 19.6 Å². The van der Waals surface area contributed by atoms with Gasteiger partial charge in [-0.2, -0.15) is 0 Å². The average Bonchev–Trinajstić information content (AvgIpc) is 3.08. The summed E-state index contributed by atoms with van der Waals surface area (Å²) in [6, 6.07) is 8.24. The third-order valence-electron chi connectivity index (χ3n) is 3.60. The zero-order valence-electron chi connectivity index (χ0n) is 12.0. The Balaban J connectivity index is 1.47. The summed E-state index contributed by atoms with van der Waals surface area (Å²) in [5.74, 6) is 6.43. The largest absolute Gasteiger partial charge is 0.298 e. The Morgan fingerprint density at radius 2 is 2.14 bits per heavy atom. The van der Waals surface area contributed by atoms with Crippen molar-refractivity contribution in [3.8, 4) is 11.8 Å². The third kappa shape index (κ3) is 4.04. The van der Waals surface area contributed by atoms with Gasteiger partial charge in [-0.1, -0.05) is 24.0 Å². The highest BCUT2D eigenvalue weighted by Crippen LogP contribution is 2.25. The Hall–Kier alpha value is -1.89. The van der Waals surface area contributed by atoms with E-state index in [1.807, 2.05) is 23.5 Å². The molecule has 0 aliphatic carbocycles. The first-order valence-corrected chi connectivity index (χ1v) is 8.14. The molecule has 0 radical (unpaired) electrons. The Labute approximate surface area is 130 Å². The minimum Gasteiger partial charge on any atom is -0.298 e. The molecule has 0 saturated carbocycles. The molecule has 106 valence electrons. The average molecular weight is 294 g/mol. The van der Waals surface area contributed by atoms with Gasteiger partial charge in [-0.3, -0.25) is 9.88 Å². The zero-order chi connectivity index (χ0) is 14.3. The molecule has 0 amide bonds. The maximum absolute atomic E-state index is 3.99. The highest BCUT2D eigenvalue weighted by Gasteiger charge is 2.12. The van der Waals surface area contributed by atoms with Gasteiger partial charge < -0.3 is 0 Å². The van der Waals surface area contributed by atoms with E-state index in [2.05, 4.69) is 45.3 Å². The molecule has 1 aliphatic rings. The molecule has 0 saturated heterocycles. The van der Waals surface area contributed by atoms with Crippen LogP contribution in [-0.4, -0.2) is 29.5 Å². The van der Waals surface area contributed by atoms with Crippen molar-refractivity contribution in [3.05, 3.63) is 58.6 Å². The van der Waals surface area contributed by atoms with Crippen molar-refractivity contribution < 1.29 is 0 Å². The van der Waals surface area contributed by atoms with E-state index in [1.165, 1.54) is 10.5 Å². The van der Waals surface area contributed by atoms with Crippen molar-refractivity contribution in [3.63, 3.8) is 0 Å². The van der Waals surface area contributed by atoms with Crippen LogP contribution in [0.1, 0.15) is 23.3 Å². The number of hydrogen-bond donors (Lipinski definition) is 0. The lowest BCUT2D eigenvalue weighted by atomic mass is 10.1. The van der Waals surface area contributed by atoms with E-state index in [4.69, 9.17) is 0 Å². The molecule has 0 spiro atoms. The highest BCUT2D eigenvalue weighted by atomic mass is 32.1. The predicted molar refractivity (Wildman–Crippen MR) is 89.1 cm³/mol. The van der Waals surface area contributed by atoms with Gasteiger partial charge in [0, 0.05) is 48.9 Å². The van der Waals surface area contributed by atoms with Crippen LogP contribution in [0.2, 0.25) is 0 Å². The van der Waals surface area contributed by atoms with E-state index in [0.29, 0.717) is 0 Å². The molecule has 3 rings (SSSR count). The first-order chi connectivity index (χ1) is 10.4. The normalized spacial score (nSPS) is 15.1. The molecule has 0 bridgehead atoms. The second kappa shape index (κ2) is 7.21. The lowest BCUT2D eigenvalue weighted by Gasteiger charge is -2.25. The van der Waals surface area contributed by atoms with Gasteiger partial charge in [-0.15, -0.1) is 11.3 Å². The van der Waals surface area contributed by atoms with Crippen molar-refractivity contribution in [1.82, 2.24) is 9.88 Å². The van der Waals surface area contributed by atoms with Gasteiger partial charge in [0.05, 0.1) is 0 Å². The lowest BCUT2D eigenvalue weighted by Crippen LogP contribution is -2.29. The molecule has 3 heteroatoms. The van der Waals surface area contributed by atoms with Gasteiger partial charge in [0.2, 0.25) is 0 Å². The Bertz CT molecular complexity index is 648. The quantitative estimate of drug-likeness (QED) is 0.803. The maximum atomic E-state index is 3.99. The summed E-state index contributed by atoms with van der Waals surface area (Å²) in [6.45, 7) is 3.23. The molecule has 21 heavy (non-hydrogen) atoms. The highest BCUT2D eigenvalue weighted by molar-refractivity contribution is 7.11. The first kappa shape index (κ1) is 14.1. The summed E-state index contributed by atoms with van der Waals surface area (Å²) in [5, 5.41) is 2.15. The summed E-state index contributed by atoms with van der Waals surface area (Å²) >= 11 is 1.84. The van der Waals surface area contributed by atoms with E-state index in [1.54, 1.807) is 12.4 Å². The van der Waals surface area contributed by atoms with Crippen LogP contribution in [0.4, 0.5) is 0 Å². The second-order valence-corrected chi connectivity index (χ2v) is 5.99. The van der Waals surface area contributed by atoms with Gasteiger partial charge in [0.15, 0.2) is 0 Å². The fraction of sp³-hybridized carbons (Fsp3) is 0.278. The van der Waals surface area contributed by atoms with Gasteiger partial charge in [-0.25, -0.2) is 0 Å². The summed E-state index contributed by atoms with van der Waals surface area (Å²) in [7, 11) is 0. The van der Waals surface area contributed by atoms with E-state index >= 15 is 0 Å². The van der Waals surface area contributed by atoms with Gasteiger partial charge in [-0.05, 0) is 35.6 Å². The van der Waals surface area contributed by atoms with E-state index in [9.17, 15) is 0 Å². The molecule has 0 unspecified atom stereocenters. The summed E-state index contributed by atoms with van der Waals surface area (Å²) < 4.78 is 0. The molecule has 0 atom stereocenters. The SMILES string of the molecule is C(#Cc1ccncc1)CCN1CC=C(c2cccs2)CC1. The molecular formula is C18H18N2S. The van der Waals surface area contributed by atoms with E-state index < -0.39 is 0 Å². The van der Waals surface area contributed by atoms with Crippen LogP contribution in [-0.2, 0) is 0 Å². The topological polar surface area (TPSA) is 16.1 Å². The number of aromatic nitrogens is 1. The van der Waals surface area contributed by atoms with Crippen LogP contribution in [0, 0.1) is 11.8 Å². The standard InChI is InChI=1S/C18H18N2S/c1(4-16-6-10-19-11-7-16)2-12-20-13-8-17(9-14-20)18-5-3-15-21-18/h3,5-8,10-11,15H,2,9,12-14H2. The van der Waals surface area contributed by atoms with E-state index in [0.717, 1.165) is 38.0 Å². The number of rotatable bonds is 3. The number of nitrogens with zero attached hydrogens (tertiary/aromatic N) is 2. The van der Waals surface area contributed by atoms with Crippen LogP contribution in [0.3, 0.4) is 0 Å². The molecule has 2 aromatic heterocycles. The summed E-state index contributed by atoms with van der Waals surface area (Å²) in [4.78, 5) is 7.89. The second-order valence-electron chi connectivity index (χ2n) is 5.04. The predicted octanol–water partition coefficient (Wildman–Crippen LogP) is 3.67. The third-order valence-corrected chi connectivity index (χ3v) is 4.54. The van der Waals surface area contributed by atoms with E-state index in [-0.39, 0.29) is 0 Å². The Morgan fingerprint density at radius 1 is 1.24 bits per heavy atom. The molecular weight excluding hydrogens is 276 g/mol. The number of hydrogen-bond acceptors (Lipinski definition) is 3. The van der Waals surface area contributed by atoms with Crippen LogP contribution < -0.4 is 0 Å². The molecule has 0 aromatic carbocycles. The number of pyridine rings is 1. The fourth-order valence-corrected chi connectivity index (χ4v) is 3.21. The van der Waals surface area contributed by atoms with Crippen molar-refractivity contribution >= 4 is 16.9 Å². The fourth-order valence-electron chi connectivity index (χ4n) is 2.41. The Kier molecular flexibility index (Phi) is 4.83. The van der Waals surface area contributed by atoms with Crippen molar-refractivity contribution in [2.45, 2.75) is 12.8 Å². The minimum atomic E-state index is 0.921. The van der Waals surface area contributed by atoms with Crippen molar-refractivity contribution in [2.24, 2.45) is 0 Å². The summed E-state index contributed by atoms with van der Waals surface area (Å²) in [6.07, 6.45) is 8.01. The first-order valence-electron chi connectivity index (χ1n) is 7.26. The zero-order valence-corrected chi connectivity index (χ0v) is 12.8. The van der Waals surface area contributed by atoms with Crippen LogP contribution in [0.15, 0.2) is 48.1 Å². The van der Waals surface area contributed by atoms with Crippen LogP contribution in [0.25, 0.3) is 5.57 Å². The molecule has 3 heterocycles. The van der Waals surface area contributed by atoms with Gasteiger partial charge >= 0.3 is 0 Å². The summed E-state index contributed by atoms with van der Waals surface area (Å²) in [5.41, 5.74) is 2.55. The van der Waals surface area contributed by atoms with Crippen LogP contribution in [0.5, 0.6) is 0 Å². The smallest absolute Gasteiger partial charge is 0.0300 e. The van der Waals surface area contributed by atoms with Crippen LogP contribution >= 0.6 is 11.3 Å². The van der Waals surface area contributed by atoms with Gasteiger partial charge in [0.1, 0.15) is 0 Å². The monoisotopic (exact) mass is 294 g/mol.